The number of hydrogen-bond donors (Lipinski definition) is 0. The average molecular weight is 385 g/mol. The third-order valence-corrected chi connectivity index (χ3v) is 4.35. The molecule has 0 saturated heterocycles. The zero-order valence-electron chi connectivity index (χ0n) is 13.8. The Labute approximate surface area is 157 Å². The van der Waals surface area contributed by atoms with E-state index in [9.17, 15) is 8.78 Å². The van der Waals surface area contributed by atoms with Gasteiger partial charge in [-0.25, -0.2) is 18.7 Å². The Morgan fingerprint density at radius 3 is 2.78 bits per heavy atom. The van der Waals surface area contributed by atoms with E-state index >= 15 is 0 Å². The number of nitrogens with zero attached hydrogens (tertiary/aromatic N) is 6. The van der Waals surface area contributed by atoms with Crippen LogP contribution in [-0.2, 0) is 6.54 Å². The lowest BCUT2D eigenvalue weighted by Gasteiger charge is -2.08. The third kappa shape index (κ3) is 2.92. The Morgan fingerprint density at radius 2 is 2.04 bits per heavy atom. The molecule has 0 bridgehead atoms. The van der Waals surface area contributed by atoms with Crippen LogP contribution in [0.2, 0.25) is 5.02 Å². The Hall–Kier alpha value is -3.31. The molecule has 134 valence electrons. The summed E-state index contributed by atoms with van der Waals surface area (Å²) in [6, 6.07) is 7.69. The largest absolute Gasteiger partial charge is 0.360 e. The predicted octanol–water partition coefficient (Wildman–Crippen LogP) is 4.57. The highest BCUT2D eigenvalue weighted by molar-refractivity contribution is 6.31. The number of imidazole rings is 2. The Balaban J connectivity index is 1.94. The first-order valence-electron chi connectivity index (χ1n) is 7.91. The van der Waals surface area contributed by atoms with E-state index in [0.717, 1.165) is 0 Å². The molecule has 4 rings (SSSR count). The zero-order valence-corrected chi connectivity index (χ0v) is 14.5. The van der Waals surface area contributed by atoms with E-state index in [1.54, 1.807) is 22.8 Å². The van der Waals surface area contributed by atoms with Crippen LogP contribution in [0.15, 0.2) is 42.9 Å². The summed E-state index contributed by atoms with van der Waals surface area (Å²) in [4.78, 5) is 11.9. The van der Waals surface area contributed by atoms with E-state index in [-0.39, 0.29) is 17.4 Å². The lowest BCUT2D eigenvalue weighted by atomic mass is 10.1. The SMILES string of the molecule is [C-]#[N+]c1cnc2ccc(-c3c(-c4ccc(F)c(Cl)c4)ncn3CCF)nn12. The molecule has 1 aromatic carbocycles. The highest BCUT2D eigenvalue weighted by atomic mass is 35.5. The second-order valence-corrected chi connectivity index (χ2v) is 6.08. The summed E-state index contributed by atoms with van der Waals surface area (Å²) in [7, 11) is 0. The van der Waals surface area contributed by atoms with E-state index in [2.05, 4.69) is 19.9 Å². The molecule has 3 heterocycles. The summed E-state index contributed by atoms with van der Waals surface area (Å²) in [5.74, 6) is -0.278. The van der Waals surface area contributed by atoms with Crippen LogP contribution < -0.4 is 0 Å². The first-order valence-corrected chi connectivity index (χ1v) is 8.29. The van der Waals surface area contributed by atoms with Crippen LogP contribution in [0.3, 0.4) is 0 Å². The van der Waals surface area contributed by atoms with Gasteiger partial charge in [0.15, 0.2) is 0 Å². The maximum Gasteiger partial charge on any atom is 0.275 e. The van der Waals surface area contributed by atoms with Gasteiger partial charge in [0.05, 0.1) is 35.5 Å². The van der Waals surface area contributed by atoms with Gasteiger partial charge in [0, 0.05) is 11.6 Å². The van der Waals surface area contributed by atoms with Crippen molar-refractivity contribution in [2.75, 3.05) is 6.67 Å². The summed E-state index contributed by atoms with van der Waals surface area (Å²) >= 11 is 5.90. The Kier molecular flexibility index (Phi) is 4.30. The number of fused-ring (bicyclic) bond motifs is 1. The molecule has 0 unspecified atom stereocenters. The minimum atomic E-state index is -0.590. The molecule has 27 heavy (non-hydrogen) atoms. The van der Waals surface area contributed by atoms with Gasteiger partial charge < -0.3 is 9.41 Å². The number of aromatic nitrogens is 5. The fourth-order valence-corrected chi connectivity index (χ4v) is 3.01. The second-order valence-electron chi connectivity index (χ2n) is 5.67. The maximum atomic E-state index is 13.5. The first-order chi connectivity index (χ1) is 13.1. The summed E-state index contributed by atoms with van der Waals surface area (Å²) in [5, 5.41) is 4.43. The molecule has 0 amide bonds. The van der Waals surface area contributed by atoms with Crippen molar-refractivity contribution in [2.24, 2.45) is 0 Å². The molecule has 0 aliphatic carbocycles. The summed E-state index contributed by atoms with van der Waals surface area (Å²) in [6.45, 7) is 6.71. The second kappa shape index (κ2) is 6.78. The van der Waals surface area contributed by atoms with Crippen LogP contribution in [0.25, 0.3) is 33.1 Å². The molecule has 0 atom stereocenters. The van der Waals surface area contributed by atoms with Crippen molar-refractivity contribution in [1.82, 2.24) is 24.1 Å². The molecule has 3 aromatic heterocycles. The molecule has 0 fully saturated rings. The summed E-state index contributed by atoms with van der Waals surface area (Å²) in [5.41, 5.74) is 2.61. The number of hydrogen-bond acceptors (Lipinski definition) is 3. The van der Waals surface area contributed by atoms with Gasteiger partial charge in [-0.3, -0.25) is 0 Å². The normalized spacial score (nSPS) is 11.0. The van der Waals surface area contributed by atoms with E-state index in [4.69, 9.17) is 18.2 Å². The lowest BCUT2D eigenvalue weighted by Crippen LogP contribution is -2.03. The van der Waals surface area contributed by atoms with Gasteiger partial charge in [-0.2, -0.15) is 0 Å². The predicted molar refractivity (Wildman–Crippen MR) is 96.8 cm³/mol. The fourth-order valence-electron chi connectivity index (χ4n) is 2.83. The van der Waals surface area contributed by atoms with Crippen LogP contribution in [-0.4, -0.2) is 30.8 Å². The number of halogens is 3. The van der Waals surface area contributed by atoms with E-state index in [1.807, 2.05) is 0 Å². The van der Waals surface area contributed by atoms with E-state index < -0.39 is 12.5 Å². The minimum absolute atomic E-state index is 0.0354. The van der Waals surface area contributed by atoms with Crippen LogP contribution in [0.5, 0.6) is 0 Å². The van der Waals surface area contributed by atoms with Gasteiger partial charge in [0.1, 0.15) is 18.2 Å². The topological polar surface area (TPSA) is 52.4 Å². The van der Waals surface area contributed by atoms with Gasteiger partial charge in [0.2, 0.25) is 5.65 Å². The molecule has 0 radical (unpaired) electrons. The molecule has 9 heteroatoms. The van der Waals surface area contributed by atoms with E-state index in [1.165, 1.54) is 29.2 Å². The Bertz CT molecular complexity index is 1190. The highest BCUT2D eigenvalue weighted by Gasteiger charge is 2.19. The van der Waals surface area contributed by atoms with Crippen LogP contribution in [0.4, 0.5) is 14.6 Å². The molecule has 0 spiro atoms. The molecule has 4 aromatic rings. The number of rotatable bonds is 4. The van der Waals surface area contributed by atoms with Crippen molar-refractivity contribution in [3.05, 3.63) is 65.1 Å². The van der Waals surface area contributed by atoms with Crippen molar-refractivity contribution < 1.29 is 8.78 Å². The smallest absolute Gasteiger partial charge is 0.275 e. The number of alkyl halides is 1. The maximum absolute atomic E-state index is 13.5. The molecule has 6 nitrogen and oxygen atoms in total. The summed E-state index contributed by atoms with van der Waals surface area (Å²) < 4.78 is 29.6. The average Bonchev–Trinajstić information content (AvgIpc) is 3.27. The van der Waals surface area contributed by atoms with Crippen LogP contribution in [0, 0.1) is 12.4 Å². The monoisotopic (exact) mass is 384 g/mol. The van der Waals surface area contributed by atoms with Crippen molar-refractivity contribution in [2.45, 2.75) is 6.54 Å². The van der Waals surface area contributed by atoms with Gasteiger partial charge >= 0.3 is 0 Å². The molecule has 0 aliphatic rings. The van der Waals surface area contributed by atoms with E-state index in [0.29, 0.717) is 28.3 Å². The van der Waals surface area contributed by atoms with Crippen molar-refractivity contribution in [3.8, 4) is 22.6 Å². The third-order valence-electron chi connectivity index (χ3n) is 4.06. The standard InChI is InChI=1S/C18H11ClF2N6/c1-22-16-9-23-15-5-4-14(25-27(15)16)18-17(24-10-26(18)7-6-20)11-2-3-13(21)12(19)8-11/h2-5,8-10H,6-7H2. The highest BCUT2D eigenvalue weighted by Crippen LogP contribution is 2.32. The first kappa shape index (κ1) is 17.1. The van der Waals surface area contributed by atoms with Crippen molar-refractivity contribution in [3.63, 3.8) is 0 Å². The molecule has 0 aliphatic heterocycles. The van der Waals surface area contributed by atoms with Crippen molar-refractivity contribution in [1.29, 1.82) is 0 Å². The number of aryl methyl sites for hydroxylation is 1. The fraction of sp³-hybridized carbons (Fsp3) is 0.111. The lowest BCUT2D eigenvalue weighted by molar-refractivity contribution is 0.447. The number of benzene rings is 1. The van der Waals surface area contributed by atoms with Crippen LogP contribution >= 0.6 is 11.6 Å². The van der Waals surface area contributed by atoms with Gasteiger partial charge in [-0.1, -0.05) is 23.3 Å². The zero-order chi connectivity index (χ0) is 19.0. The minimum Gasteiger partial charge on any atom is -0.360 e. The molecular weight excluding hydrogens is 374 g/mol. The molecule has 0 N–H and O–H groups in total. The van der Waals surface area contributed by atoms with Gasteiger partial charge in [0.25, 0.3) is 5.82 Å². The summed E-state index contributed by atoms with van der Waals surface area (Å²) in [6.07, 6.45) is 2.93. The Morgan fingerprint density at radius 1 is 1.19 bits per heavy atom. The van der Waals surface area contributed by atoms with Gasteiger partial charge in [-0.15, -0.1) is 4.52 Å². The van der Waals surface area contributed by atoms with Gasteiger partial charge in [-0.05, 0) is 24.3 Å². The van der Waals surface area contributed by atoms with Crippen molar-refractivity contribution >= 4 is 23.1 Å². The van der Waals surface area contributed by atoms with Crippen LogP contribution in [0.1, 0.15) is 0 Å². The molecule has 0 saturated carbocycles. The quantitative estimate of drug-likeness (QED) is 0.484. The molecular formula is C18H11ClF2N6.